The Bertz CT molecular complexity index is 632. The predicted octanol–water partition coefficient (Wildman–Crippen LogP) is 3.35. The average Bonchev–Trinajstić information content (AvgIpc) is 2.56. The minimum absolute atomic E-state index is 0.0750. The summed E-state index contributed by atoms with van der Waals surface area (Å²) >= 11 is 1.71. The first-order chi connectivity index (χ1) is 8.39. The summed E-state index contributed by atoms with van der Waals surface area (Å²) in [6, 6.07) is 2.52. The smallest absolute Gasteiger partial charge is 0.404 e. The van der Waals surface area contributed by atoms with Crippen LogP contribution in [0.1, 0.15) is 0 Å². The molecule has 0 saturated heterocycles. The number of halogens is 3. The van der Waals surface area contributed by atoms with Crippen molar-refractivity contribution in [3.8, 4) is 11.2 Å². The summed E-state index contributed by atoms with van der Waals surface area (Å²) in [7, 11) is 0. The molecule has 2 aromatic rings. The van der Waals surface area contributed by atoms with Crippen molar-refractivity contribution in [1.29, 1.82) is 5.26 Å². The number of fused-ring (bicyclic) bond motifs is 1. The molecule has 1 heterocycles. The second-order valence-electron chi connectivity index (χ2n) is 3.06. The van der Waals surface area contributed by atoms with E-state index in [1.807, 2.05) is 0 Å². The van der Waals surface area contributed by atoms with E-state index in [2.05, 4.69) is 9.72 Å². The van der Waals surface area contributed by atoms with E-state index >= 15 is 0 Å². The number of thiazole rings is 1. The lowest BCUT2D eigenvalue weighted by atomic mass is 10.3. The minimum atomic E-state index is -4.82. The maximum atomic E-state index is 12.2. The number of nitriles is 1. The summed E-state index contributed by atoms with van der Waals surface area (Å²) in [5.41, 5.74) is 5.77. The third-order valence-corrected chi connectivity index (χ3v) is 3.33. The Labute approximate surface area is 107 Å². The van der Waals surface area contributed by atoms with Crippen molar-refractivity contribution in [2.24, 2.45) is 0 Å². The molecular weight excluding hydrogens is 287 g/mol. The Kier molecular flexibility index (Phi) is 3.23. The van der Waals surface area contributed by atoms with Gasteiger partial charge >= 0.3 is 6.36 Å². The van der Waals surface area contributed by atoms with Gasteiger partial charge in [-0.05, 0) is 17.8 Å². The van der Waals surface area contributed by atoms with Crippen LogP contribution in [0.25, 0.3) is 10.2 Å². The third kappa shape index (κ3) is 2.77. The molecule has 0 saturated carbocycles. The molecule has 0 bridgehead atoms. The minimum Gasteiger partial charge on any atom is -0.404 e. The van der Waals surface area contributed by atoms with Crippen LogP contribution in [-0.4, -0.2) is 11.3 Å². The van der Waals surface area contributed by atoms with Crippen LogP contribution in [0, 0.1) is 10.7 Å². The van der Waals surface area contributed by atoms with Crippen molar-refractivity contribution >= 4 is 38.4 Å². The lowest BCUT2D eigenvalue weighted by molar-refractivity contribution is -0.275. The van der Waals surface area contributed by atoms with Crippen molar-refractivity contribution in [3.05, 3.63) is 12.1 Å². The highest BCUT2D eigenvalue weighted by Crippen LogP contribution is 2.38. The molecule has 0 aliphatic carbocycles. The van der Waals surface area contributed by atoms with Gasteiger partial charge in [-0.1, -0.05) is 11.3 Å². The molecule has 18 heavy (non-hydrogen) atoms. The monoisotopic (exact) mass is 291 g/mol. The standard InChI is InChI=1S/C9H4F3N3OS2/c10-9(11,12)16-5-1-4-6(18-8(14)15-4)2-7(5)17-3-13/h1-2H,(H2,14,15). The fourth-order valence-electron chi connectivity index (χ4n) is 1.29. The van der Waals surface area contributed by atoms with Gasteiger partial charge in [-0.25, -0.2) is 4.98 Å². The van der Waals surface area contributed by atoms with Crippen LogP contribution in [0.5, 0.6) is 5.75 Å². The van der Waals surface area contributed by atoms with E-state index in [9.17, 15) is 13.2 Å². The van der Waals surface area contributed by atoms with Gasteiger partial charge in [0.25, 0.3) is 0 Å². The number of alkyl halides is 3. The summed E-state index contributed by atoms with van der Waals surface area (Å²) < 4.78 is 41.1. The Morgan fingerprint density at radius 1 is 1.44 bits per heavy atom. The van der Waals surface area contributed by atoms with Crippen LogP contribution in [-0.2, 0) is 0 Å². The van der Waals surface area contributed by atoms with Crippen LogP contribution >= 0.6 is 23.1 Å². The van der Waals surface area contributed by atoms with E-state index in [-0.39, 0.29) is 10.0 Å². The molecule has 0 aliphatic heterocycles. The van der Waals surface area contributed by atoms with Gasteiger partial charge in [0, 0.05) is 6.07 Å². The molecule has 4 nitrogen and oxygen atoms in total. The van der Waals surface area contributed by atoms with Gasteiger partial charge in [0.2, 0.25) is 0 Å². The van der Waals surface area contributed by atoms with E-state index < -0.39 is 12.1 Å². The summed E-state index contributed by atoms with van der Waals surface area (Å²) in [4.78, 5) is 3.94. The van der Waals surface area contributed by atoms with Gasteiger partial charge in [0.15, 0.2) is 5.13 Å². The van der Waals surface area contributed by atoms with E-state index in [4.69, 9.17) is 11.0 Å². The number of thioether (sulfide) groups is 1. The van der Waals surface area contributed by atoms with Gasteiger partial charge in [0.05, 0.1) is 15.1 Å². The van der Waals surface area contributed by atoms with Gasteiger partial charge in [-0.15, -0.1) is 13.2 Å². The molecule has 0 atom stereocenters. The molecule has 0 unspecified atom stereocenters. The molecule has 0 aliphatic rings. The SMILES string of the molecule is N#CSc1cc2sc(N)nc2cc1OC(F)(F)F. The molecule has 2 N–H and O–H groups in total. The number of nitrogen functional groups attached to an aromatic ring is 1. The molecule has 9 heteroatoms. The van der Waals surface area contributed by atoms with Crippen molar-refractivity contribution in [3.63, 3.8) is 0 Å². The van der Waals surface area contributed by atoms with Crippen molar-refractivity contribution in [2.75, 3.05) is 5.73 Å². The number of benzene rings is 1. The second-order valence-corrected chi connectivity index (χ2v) is 4.95. The molecule has 0 spiro atoms. The summed E-state index contributed by atoms with van der Waals surface area (Å²) in [6.45, 7) is 0. The predicted molar refractivity (Wildman–Crippen MR) is 62.2 cm³/mol. The topological polar surface area (TPSA) is 71.9 Å². The number of ether oxygens (including phenoxy) is 1. The van der Waals surface area contributed by atoms with Crippen LogP contribution in [0.2, 0.25) is 0 Å². The first-order valence-corrected chi connectivity index (χ1v) is 6.04. The molecular formula is C9H4F3N3OS2. The Balaban J connectivity index is 2.54. The number of hydrogen-bond acceptors (Lipinski definition) is 6. The fourth-order valence-corrected chi connectivity index (χ4v) is 2.59. The molecule has 0 fully saturated rings. The average molecular weight is 291 g/mol. The number of hydrogen-bond donors (Lipinski definition) is 1. The number of anilines is 1. The first kappa shape index (κ1) is 12.8. The van der Waals surface area contributed by atoms with Gasteiger partial charge < -0.3 is 10.5 Å². The lowest BCUT2D eigenvalue weighted by Crippen LogP contribution is -2.17. The van der Waals surface area contributed by atoms with E-state index in [1.165, 1.54) is 6.07 Å². The van der Waals surface area contributed by atoms with Crippen LogP contribution < -0.4 is 10.5 Å². The summed E-state index contributed by atoms with van der Waals surface area (Å²) in [5.74, 6) is -0.452. The quantitative estimate of drug-likeness (QED) is 0.678. The highest BCUT2D eigenvalue weighted by Gasteiger charge is 2.32. The molecule has 1 aromatic carbocycles. The molecule has 94 valence electrons. The van der Waals surface area contributed by atoms with Gasteiger partial charge in [0.1, 0.15) is 11.2 Å². The van der Waals surface area contributed by atoms with Crippen molar-refractivity contribution in [1.82, 2.24) is 4.98 Å². The Morgan fingerprint density at radius 3 is 2.78 bits per heavy atom. The van der Waals surface area contributed by atoms with Gasteiger partial charge in [-0.2, -0.15) is 5.26 Å². The number of nitrogens with two attached hydrogens (primary N) is 1. The third-order valence-electron chi connectivity index (χ3n) is 1.85. The number of nitrogens with zero attached hydrogens (tertiary/aromatic N) is 2. The maximum absolute atomic E-state index is 12.2. The van der Waals surface area contributed by atoms with Crippen molar-refractivity contribution in [2.45, 2.75) is 11.3 Å². The number of rotatable bonds is 2. The molecule has 0 radical (unpaired) electrons. The largest absolute Gasteiger partial charge is 0.573 e. The van der Waals surface area contributed by atoms with Crippen molar-refractivity contribution < 1.29 is 17.9 Å². The van der Waals surface area contributed by atoms with Gasteiger partial charge in [-0.3, -0.25) is 0 Å². The first-order valence-electron chi connectivity index (χ1n) is 4.41. The molecule has 0 amide bonds. The second kappa shape index (κ2) is 4.55. The van der Waals surface area contributed by atoms with Crippen LogP contribution in [0.4, 0.5) is 18.3 Å². The van der Waals surface area contributed by atoms with Crippen LogP contribution in [0.15, 0.2) is 17.0 Å². The zero-order valence-electron chi connectivity index (χ0n) is 8.49. The summed E-state index contributed by atoms with van der Waals surface area (Å²) in [6.07, 6.45) is -4.82. The highest BCUT2D eigenvalue weighted by molar-refractivity contribution is 8.03. The Hall–Kier alpha value is -1.66. The maximum Gasteiger partial charge on any atom is 0.573 e. The van der Waals surface area contributed by atoms with E-state index in [0.717, 1.165) is 17.4 Å². The fraction of sp³-hybridized carbons (Fsp3) is 0.111. The normalized spacial score (nSPS) is 11.4. The van der Waals surface area contributed by atoms with E-state index in [1.54, 1.807) is 5.40 Å². The zero-order chi connectivity index (χ0) is 13.3. The number of thiocyanates is 1. The lowest BCUT2D eigenvalue weighted by Gasteiger charge is -2.11. The molecule has 2 rings (SSSR count). The number of aromatic nitrogens is 1. The summed E-state index contributed by atoms with van der Waals surface area (Å²) in [5, 5.41) is 10.5. The van der Waals surface area contributed by atoms with Crippen LogP contribution in [0.3, 0.4) is 0 Å². The van der Waals surface area contributed by atoms with E-state index in [0.29, 0.717) is 22.0 Å². The Morgan fingerprint density at radius 2 is 2.17 bits per heavy atom. The zero-order valence-corrected chi connectivity index (χ0v) is 10.1. The highest BCUT2D eigenvalue weighted by atomic mass is 32.2. The molecule has 1 aromatic heterocycles.